The molecule has 0 spiro atoms. The van der Waals surface area contributed by atoms with Crippen molar-refractivity contribution in [3.05, 3.63) is 47.2 Å². The van der Waals surface area contributed by atoms with Crippen LogP contribution in [0.4, 0.5) is 11.5 Å². The Morgan fingerprint density at radius 3 is 2.55 bits per heavy atom. The van der Waals surface area contributed by atoms with Gasteiger partial charge in [-0.3, -0.25) is 9.52 Å². The Bertz CT molecular complexity index is 1130. The third-order valence-electron chi connectivity index (χ3n) is 6.62. The number of carbonyl (C=O) groups is 1. The number of amides is 1. The predicted octanol–water partition coefficient (Wildman–Crippen LogP) is 2.92. The number of aryl methyl sites for hydroxylation is 2. The molecular formula is C24H33N5O3S. The first-order valence-electron chi connectivity index (χ1n) is 11.6. The lowest BCUT2D eigenvalue weighted by Gasteiger charge is -2.35. The predicted molar refractivity (Wildman–Crippen MR) is 130 cm³/mol. The van der Waals surface area contributed by atoms with Crippen LogP contribution in [0.3, 0.4) is 0 Å². The summed E-state index contributed by atoms with van der Waals surface area (Å²) in [5.74, 6) is 0.531. The van der Waals surface area contributed by atoms with Gasteiger partial charge in [-0.25, -0.2) is 13.4 Å². The van der Waals surface area contributed by atoms with Crippen molar-refractivity contribution in [3.8, 4) is 0 Å². The summed E-state index contributed by atoms with van der Waals surface area (Å²) in [5, 5.41) is 3.32. The highest BCUT2D eigenvalue weighted by Crippen LogP contribution is 2.28. The number of piperazine rings is 1. The molecule has 0 bridgehead atoms. The van der Waals surface area contributed by atoms with Crippen LogP contribution >= 0.6 is 0 Å². The normalized spacial score (nSPS) is 19.4. The van der Waals surface area contributed by atoms with E-state index in [0.717, 1.165) is 56.6 Å². The molecule has 1 unspecified atom stereocenters. The van der Waals surface area contributed by atoms with Gasteiger partial charge in [0, 0.05) is 38.8 Å². The summed E-state index contributed by atoms with van der Waals surface area (Å²) in [5.41, 5.74) is 2.67. The minimum Gasteiger partial charge on any atom is -0.353 e. The van der Waals surface area contributed by atoms with E-state index in [1.807, 2.05) is 18.7 Å². The molecule has 2 aromatic rings. The molecule has 178 valence electrons. The number of likely N-dealkylation sites (tertiary alicyclic amines) is 1. The van der Waals surface area contributed by atoms with Crippen LogP contribution < -0.4 is 14.9 Å². The highest BCUT2D eigenvalue weighted by Gasteiger charge is 2.29. The van der Waals surface area contributed by atoms with Crippen LogP contribution in [0, 0.1) is 13.8 Å². The number of hydrogen-bond acceptors (Lipinski definition) is 6. The van der Waals surface area contributed by atoms with Crippen LogP contribution in [0.15, 0.2) is 35.4 Å². The zero-order chi connectivity index (χ0) is 23.6. The van der Waals surface area contributed by atoms with Crippen molar-refractivity contribution in [2.24, 2.45) is 0 Å². The minimum absolute atomic E-state index is 0.0875. The minimum atomic E-state index is -3.81. The van der Waals surface area contributed by atoms with Gasteiger partial charge in [-0.15, -0.1) is 0 Å². The molecule has 2 aliphatic heterocycles. The Morgan fingerprint density at radius 2 is 1.85 bits per heavy atom. The van der Waals surface area contributed by atoms with E-state index in [1.165, 1.54) is 6.20 Å². The maximum absolute atomic E-state index is 13.6. The topological polar surface area (TPSA) is 94.6 Å². The molecule has 0 radical (unpaired) electrons. The van der Waals surface area contributed by atoms with E-state index < -0.39 is 10.0 Å². The quantitative estimate of drug-likeness (QED) is 0.696. The van der Waals surface area contributed by atoms with Gasteiger partial charge in [0.2, 0.25) is 0 Å². The number of rotatable bonds is 5. The van der Waals surface area contributed by atoms with Gasteiger partial charge in [-0.1, -0.05) is 6.07 Å². The molecule has 2 N–H and O–H groups in total. The van der Waals surface area contributed by atoms with Crippen LogP contribution in [0.2, 0.25) is 0 Å². The average molecular weight is 472 g/mol. The van der Waals surface area contributed by atoms with Crippen LogP contribution in [0.5, 0.6) is 0 Å². The molecule has 4 rings (SSSR count). The van der Waals surface area contributed by atoms with E-state index in [9.17, 15) is 13.2 Å². The van der Waals surface area contributed by atoms with Crippen LogP contribution in [0.1, 0.15) is 47.7 Å². The molecule has 3 heterocycles. The summed E-state index contributed by atoms with van der Waals surface area (Å²) < 4.78 is 28.7. The zero-order valence-corrected chi connectivity index (χ0v) is 20.4. The fraction of sp³-hybridized carbons (Fsp3) is 0.500. The zero-order valence-electron chi connectivity index (χ0n) is 19.6. The van der Waals surface area contributed by atoms with Crippen molar-refractivity contribution >= 4 is 27.4 Å². The maximum atomic E-state index is 13.6. The molecule has 0 aliphatic carbocycles. The third-order valence-corrected chi connectivity index (χ3v) is 8.00. The van der Waals surface area contributed by atoms with Gasteiger partial charge in [0.25, 0.3) is 15.9 Å². The lowest BCUT2D eigenvalue weighted by molar-refractivity contribution is 0.0636. The maximum Gasteiger partial charge on any atom is 0.261 e. The van der Waals surface area contributed by atoms with Gasteiger partial charge in [0.15, 0.2) is 0 Å². The van der Waals surface area contributed by atoms with E-state index in [4.69, 9.17) is 0 Å². The van der Waals surface area contributed by atoms with Crippen molar-refractivity contribution in [1.29, 1.82) is 0 Å². The number of nitrogens with zero attached hydrogens (tertiary/aromatic N) is 3. The Hall–Kier alpha value is -2.65. The summed E-state index contributed by atoms with van der Waals surface area (Å²) in [4.78, 5) is 22.4. The second kappa shape index (κ2) is 9.69. The van der Waals surface area contributed by atoms with Gasteiger partial charge < -0.3 is 15.1 Å². The Balaban J connectivity index is 1.68. The molecule has 9 heteroatoms. The molecular weight excluding hydrogens is 438 g/mol. The van der Waals surface area contributed by atoms with Gasteiger partial charge in [0.1, 0.15) is 5.82 Å². The average Bonchev–Trinajstić information content (AvgIpc) is 2.81. The first kappa shape index (κ1) is 23.5. The van der Waals surface area contributed by atoms with Gasteiger partial charge >= 0.3 is 0 Å². The number of pyridine rings is 1. The standard InChI is InChI=1S/C24H33N5O3S/c1-17-7-8-21(14-18(17)2)33(31,32)27-20-15-22(24(30)29-11-5-4-6-19(29)3)23(26-16-20)28-12-9-25-10-13-28/h7-8,14-16,19,25,27H,4-6,9-13H2,1-3H3. The number of anilines is 2. The molecule has 8 nitrogen and oxygen atoms in total. The fourth-order valence-corrected chi connectivity index (χ4v) is 5.57. The molecule has 2 aliphatic rings. The molecule has 2 saturated heterocycles. The number of piperidine rings is 1. The number of hydrogen-bond donors (Lipinski definition) is 2. The van der Waals surface area contributed by atoms with E-state index in [-0.39, 0.29) is 16.8 Å². The summed E-state index contributed by atoms with van der Waals surface area (Å²) >= 11 is 0. The molecule has 1 atom stereocenters. The first-order valence-corrected chi connectivity index (χ1v) is 13.1. The molecule has 2 fully saturated rings. The molecule has 1 aromatic heterocycles. The van der Waals surface area contributed by atoms with E-state index >= 15 is 0 Å². The smallest absolute Gasteiger partial charge is 0.261 e. The van der Waals surface area contributed by atoms with Crippen LogP contribution in [0.25, 0.3) is 0 Å². The van der Waals surface area contributed by atoms with Crippen molar-refractivity contribution in [2.75, 3.05) is 42.3 Å². The SMILES string of the molecule is Cc1ccc(S(=O)(=O)Nc2cnc(N3CCNCC3)c(C(=O)N3CCCCC3C)c2)cc1C. The third kappa shape index (κ3) is 5.14. The summed E-state index contributed by atoms with van der Waals surface area (Å²) in [6.07, 6.45) is 4.57. The Labute approximate surface area is 196 Å². The highest BCUT2D eigenvalue weighted by atomic mass is 32.2. The number of nitrogens with one attached hydrogen (secondary N) is 2. The van der Waals surface area contributed by atoms with Crippen molar-refractivity contribution in [1.82, 2.24) is 15.2 Å². The van der Waals surface area contributed by atoms with E-state index in [2.05, 4.69) is 26.8 Å². The number of carbonyl (C=O) groups excluding carboxylic acids is 1. The van der Waals surface area contributed by atoms with Crippen molar-refractivity contribution in [2.45, 2.75) is 51.0 Å². The number of aromatic nitrogens is 1. The fourth-order valence-electron chi connectivity index (χ4n) is 4.45. The van der Waals surface area contributed by atoms with Gasteiger partial charge in [-0.2, -0.15) is 0 Å². The van der Waals surface area contributed by atoms with Crippen LogP contribution in [-0.2, 0) is 10.0 Å². The van der Waals surface area contributed by atoms with Crippen molar-refractivity contribution < 1.29 is 13.2 Å². The number of sulfonamides is 1. The Kier molecular flexibility index (Phi) is 6.90. The molecule has 0 saturated carbocycles. The summed E-state index contributed by atoms with van der Waals surface area (Å²) in [6, 6.07) is 6.84. The molecule has 1 aromatic carbocycles. The summed E-state index contributed by atoms with van der Waals surface area (Å²) in [6.45, 7) is 9.73. The molecule has 1 amide bonds. The largest absolute Gasteiger partial charge is 0.353 e. The first-order chi connectivity index (χ1) is 15.8. The van der Waals surface area contributed by atoms with E-state index in [0.29, 0.717) is 23.6 Å². The van der Waals surface area contributed by atoms with E-state index in [1.54, 1.807) is 24.3 Å². The Morgan fingerprint density at radius 1 is 1.09 bits per heavy atom. The molecule has 33 heavy (non-hydrogen) atoms. The van der Waals surface area contributed by atoms with Gasteiger partial charge in [0.05, 0.1) is 22.3 Å². The van der Waals surface area contributed by atoms with Crippen molar-refractivity contribution in [3.63, 3.8) is 0 Å². The number of benzene rings is 1. The second-order valence-electron chi connectivity index (χ2n) is 9.03. The van der Waals surface area contributed by atoms with Gasteiger partial charge in [-0.05, 0) is 69.4 Å². The summed E-state index contributed by atoms with van der Waals surface area (Å²) in [7, 11) is -3.81. The lowest BCUT2D eigenvalue weighted by atomic mass is 10.0. The lowest BCUT2D eigenvalue weighted by Crippen LogP contribution is -2.46. The highest BCUT2D eigenvalue weighted by molar-refractivity contribution is 7.92. The second-order valence-corrected chi connectivity index (χ2v) is 10.7. The monoisotopic (exact) mass is 471 g/mol. The van der Waals surface area contributed by atoms with Crippen LogP contribution in [-0.4, -0.2) is 63.0 Å².